The Bertz CT molecular complexity index is 669. The summed E-state index contributed by atoms with van der Waals surface area (Å²) in [6.45, 7) is 0. The Morgan fingerprint density at radius 2 is 2.15 bits per heavy atom. The molecule has 0 spiro atoms. The molecule has 1 heterocycles. The third-order valence-electron chi connectivity index (χ3n) is 3.61. The number of nitrogen functional groups attached to an aromatic ring is 1. The van der Waals surface area contributed by atoms with Crippen molar-refractivity contribution in [1.82, 2.24) is 4.98 Å². The Balaban J connectivity index is 1.84. The standard InChI is InChI=1S/C15H16N4O/c16-11-2-3-12-9(7-11)1-4-13(12)19-14-8-10(15(17)20)5-6-18-14/h2-3,5-8,13H,1,4,16H2,(H2,17,20)(H,18,19). The second-order valence-electron chi connectivity index (χ2n) is 4.99. The summed E-state index contributed by atoms with van der Waals surface area (Å²) in [4.78, 5) is 15.4. The van der Waals surface area contributed by atoms with Crippen LogP contribution in [0.2, 0.25) is 0 Å². The topological polar surface area (TPSA) is 94.0 Å². The minimum Gasteiger partial charge on any atom is -0.399 e. The summed E-state index contributed by atoms with van der Waals surface area (Å²) >= 11 is 0. The number of hydrogen-bond acceptors (Lipinski definition) is 4. The van der Waals surface area contributed by atoms with E-state index in [-0.39, 0.29) is 6.04 Å². The molecule has 5 nitrogen and oxygen atoms in total. The lowest BCUT2D eigenvalue weighted by Crippen LogP contribution is -2.13. The fourth-order valence-corrected chi connectivity index (χ4v) is 2.63. The number of fused-ring (bicyclic) bond motifs is 1. The van der Waals surface area contributed by atoms with Gasteiger partial charge in [0.1, 0.15) is 5.82 Å². The van der Waals surface area contributed by atoms with Crippen molar-refractivity contribution in [2.24, 2.45) is 5.73 Å². The molecule has 0 saturated heterocycles. The van der Waals surface area contributed by atoms with Crippen molar-refractivity contribution in [3.05, 3.63) is 53.2 Å². The molecule has 0 saturated carbocycles. The van der Waals surface area contributed by atoms with Crippen LogP contribution < -0.4 is 16.8 Å². The molecule has 3 rings (SSSR count). The van der Waals surface area contributed by atoms with E-state index in [4.69, 9.17) is 11.5 Å². The first kappa shape index (κ1) is 12.5. The molecule has 20 heavy (non-hydrogen) atoms. The van der Waals surface area contributed by atoms with E-state index in [1.807, 2.05) is 18.2 Å². The van der Waals surface area contributed by atoms with Gasteiger partial charge in [-0.15, -0.1) is 0 Å². The third-order valence-corrected chi connectivity index (χ3v) is 3.61. The van der Waals surface area contributed by atoms with Crippen LogP contribution in [0.15, 0.2) is 36.5 Å². The van der Waals surface area contributed by atoms with Gasteiger partial charge < -0.3 is 16.8 Å². The highest BCUT2D eigenvalue weighted by Gasteiger charge is 2.22. The number of nitrogens with one attached hydrogen (secondary N) is 1. The zero-order valence-electron chi connectivity index (χ0n) is 11.0. The number of benzene rings is 1. The third kappa shape index (κ3) is 2.30. The number of aryl methyl sites for hydroxylation is 1. The van der Waals surface area contributed by atoms with E-state index in [1.165, 1.54) is 11.1 Å². The van der Waals surface area contributed by atoms with E-state index in [2.05, 4.69) is 10.3 Å². The molecular weight excluding hydrogens is 252 g/mol. The lowest BCUT2D eigenvalue weighted by molar-refractivity contribution is 0.1000. The summed E-state index contributed by atoms with van der Waals surface area (Å²) < 4.78 is 0. The Hall–Kier alpha value is -2.56. The Kier molecular flexibility index (Phi) is 3.02. The molecule has 2 aromatic rings. The highest BCUT2D eigenvalue weighted by atomic mass is 16.1. The van der Waals surface area contributed by atoms with Gasteiger partial charge in [-0.25, -0.2) is 4.98 Å². The zero-order valence-corrected chi connectivity index (χ0v) is 11.0. The fourth-order valence-electron chi connectivity index (χ4n) is 2.63. The van der Waals surface area contributed by atoms with Crippen molar-refractivity contribution in [1.29, 1.82) is 0 Å². The average Bonchev–Trinajstić information content (AvgIpc) is 2.81. The van der Waals surface area contributed by atoms with Gasteiger partial charge in [-0.2, -0.15) is 0 Å². The van der Waals surface area contributed by atoms with Crippen LogP contribution >= 0.6 is 0 Å². The van der Waals surface area contributed by atoms with Gasteiger partial charge in [0.05, 0.1) is 6.04 Å². The number of aromatic nitrogens is 1. The number of carbonyl (C=O) groups excluding carboxylic acids is 1. The number of nitrogens with zero attached hydrogens (tertiary/aromatic N) is 1. The quantitative estimate of drug-likeness (QED) is 0.741. The van der Waals surface area contributed by atoms with Crippen molar-refractivity contribution in [2.45, 2.75) is 18.9 Å². The van der Waals surface area contributed by atoms with Crippen molar-refractivity contribution in [3.63, 3.8) is 0 Å². The van der Waals surface area contributed by atoms with E-state index in [0.717, 1.165) is 18.5 Å². The first-order chi connectivity index (χ1) is 9.63. The second kappa shape index (κ2) is 4.85. The molecule has 5 N–H and O–H groups in total. The van der Waals surface area contributed by atoms with Gasteiger partial charge in [-0.1, -0.05) is 6.07 Å². The molecule has 1 aromatic heterocycles. The maximum Gasteiger partial charge on any atom is 0.248 e. The van der Waals surface area contributed by atoms with Crippen LogP contribution in [-0.2, 0) is 6.42 Å². The van der Waals surface area contributed by atoms with Crippen molar-refractivity contribution >= 4 is 17.4 Å². The summed E-state index contributed by atoms with van der Waals surface area (Å²) in [7, 11) is 0. The second-order valence-corrected chi connectivity index (χ2v) is 4.99. The molecule has 102 valence electrons. The van der Waals surface area contributed by atoms with Crippen LogP contribution in [0.1, 0.15) is 33.9 Å². The van der Waals surface area contributed by atoms with Crippen LogP contribution in [0.25, 0.3) is 0 Å². The molecule has 1 aliphatic rings. The van der Waals surface area contributed by atoms with Crippen LogP contribution in [0.3, 0.4) is 0 Å². The maximum atomic E-state index is 11.2. The molecular formula is C15H16N4O. The van der Waals surface area contributed by atoms with Crippen LogP contribution in [0.5, 0.6) is 0 Å². The predicted octanol–water partition coefficient (Wildman–Crippen LogP) is 1.86. The molecule has 0 radical (unpaired) electrons. The Morgan fingerprint density at radius 3 is 2.95 bits per heavy atom. The molecule has 1 aromatic carbocycles. The van der Waals surface area contributed by atoms with Crippen LogP contribution in [-0.4, -0.2) is 10.9 Å². The van der Waals surface area contributed by atoms with Gasteiger partial charge in [0, 0.05) is 17.4 Å². The maximum absolute atomic E-state index is 11.2. The minimum atomic E-state index is -0.449. The van der Waals surface area contributed by atoms with Crippen molar-refractivity contribution in [3.8, 4) is 0 Å². The van der Waals surface area contributed by atoms with Gasteiger partial charge >= 0.3 is 0 Å². The van der Waals surface area contributed by atoms with Gasteiger partial charge in [0.15, 0.2) is 0 Å². The minimum absolute atomic E-state index is 0.196. The van der Waals surface area contributed by atoms with Crippen LogP contribution in [0, 0.1) is 0 Å². The van der Waals surface area contributed by atoms with E-state index in [9.17, 15) is 4.79 Å². The van der Waals surface area contributed by atoms with E-state index in [0.29, 0.717) is 11.4 Å². The number of amides is 1. The SMILES string of the molecule is NC(=O)c1ccnc(NC2CCc3cc(N)ccc32)c1. The largest absolute Gasteiger partial charge is 0.399 e. The highest BCUT2D eigenvalue weighted by Crippen LogP contribution is 2.34. The number of primary amides is 1. The highest BCUT2D eigenvalue weighted by molar-refractivity contribution is 5.93. The Labute approximate surface area is 117 Å². The average molecular weight is 268 g/mol. The van der Waals surface area contributed by atoms with E-state index < -0.39 is 5.91 Å². The molecule has 1 amide bonds. The number of hydrogen-bond donors (Lipinski definition) is 3. The fraction of sp³-hybridized carbons (Fsp3) is 0.200. The summed E-state index contributed by atoms with van der Waals surface area (Å²) in [6.07, 6.45) is 3.57. The van der Waals surface area contributed by atoms with Crippen molar-refractivity contribution < 1.29 is 4.79 Å². The lowest BCUT2D eigenvalue weighted by atomic mass is 10.1. The van der Waals surface area contributed by atoms with Gasteiger partial charge in [-0.05, 0) is 48.2 Å². The van der Waals surface area contributed by atoms with Gasteiger partial charge in [0.25, 0.3) is 0 Å². The monoisotopic (exact) mass is 268 g/mol. The zero-order chi connectivity index (χ0) is 14.1. The smallest absolute Gasteiger partial charge is 0.248 e. The summed E-state index contributed by atoms with van der Waals surface area (Å²) in [6, 6.07) is 9.46. The van der Waals surface area contributed by atoms with Crippen LogP contribution in [0.4, 0.5) is 11.5 Å². The number of pyridine rings is 1. The van der Waals surface area contributed by atoms with Gasteiger partial charge in [0.2, 0.25) is 5.91 Å². The first-order valence-corrected chi connectivity index (χ1v) is 6.54. The predicted molar refractivity (Wildman–Crippen MR) is 78.3 cm³/mol. The van der Waals surface area contributed by atoms with Crippen molar-refractivity contribution in [2.75, 3.05) is 11.1 Å². The molecule has 0 aliphatic heterocycles. The molecule has 1 aliphatic carbocycles. The molecule has 1 atom stereocenters. The number of carbonyl (C=O) groups is 1. The van der Waals surface area contributed by atoms with Gasteiger partial charge in [-0.3, -0.25) is 4.79 Å². The first-order valence-electron chi connectivity index (χ1n) is 6.54. The Morgan fingerprint density at radius 1 is 1.30 bits per heavy atom. The van der Waals surface area contributed by atoms with E-state index >= 15 is 0 Å². The summed E-state index contributed by atoms with van der Waals surface area (Å²) in [5.41, 5.74) is 14.8. The number of anilines is 2. The molecule has 1 unspecified atom stereocenters. The number of nitrogens with two attached hydrogens (primary N) is 2. The molecule has 0 fully saturated rings. The summed E-state index contributed by atoms with van der Waals surface area (Å²) in [5, 5.41) is 3.35. The lowest BCUT2D eigenvalue weighted by Gasteiger charge is -2.15. The normalized spacial score (nSPS) is 16.7. The van der Waals surface area contributed by atoms with E-state index in [1.54, 1.807) is 18.3 Å². The number of rotatable bonds is 3. The molecule has 5 heteroatoms. The summed E-state index contributed by atoms with van der Waals surface area (Å²) in [5.74, 6) is 0.214. The molecule has 0 bridgehead atoms.